The van der Waals surface area contributed by atoms with Crippen LogP contribution in [-0.4, -0.2) is 65.9 Å². The number of halogens is 2. The lowest BCUT2D eigenvalue weighted by molar-refractivity contribution is -0.640. The fourth-order valence-corrected chi connectivity index (χ4v) is 6.25. The number of nitrogens with one attached hydrogen (secondary N) is 2. The van der Waals surface area contributed by atoms with Gasteiger partial charge >= 0.3 is 0 Å². The second kappa shape index (κ2) is 34.1. The average Bonchev–Trinajstić information content (AvgIpc) is 3.73. The van der Waals surface area contributed by atoms with Gasteiger partial charge in [0, 0.05) is 42.3 Å². The Kier molecular flexibility index (Phi) is 40.0. The number of quaternary nitrogens is 1. The van der Waals surface area contributed by atoms with Gasteiger partial charge in [-0.2, -0.15) is 0 Å². The highest BCUT2D eigenvalue weighted by molar-refractivity contribution is 8.00. The number of rotatable bonds is 10. The van der Waals surface area contributed by atoms with Crippen molar-refractivity contribution in [3.8, 4) is 0 Å². The van der Waals surface area contributed by atoms with E-state index >= 15 is 0 Å². The zero-order valence-corrected chi connectivity index (χ0v) is 32.2. The molecule has 0 radical (unpaired) electrons. The zero-order valence-electron chi connectivity index (χ0n) is 27.4. The molecule has 3 saturated heterocycles. The van der Waals surface area contributed by atoms with E-state index in [0.29, 0.717) is 4.32 Å². The van der Waals surface area contributed by atoms with Crippen molar-refractivity contribution in [2.75, 3.05) is 52.4 Å². The molecule has 3 aliphatic heterocycles. The third kappa shape index (κ3) is 22.7. The van der Waals surface area contributed by atoms with Crippen LogP contribution in [0.1, 0.15) is 80.1 Å². The fourth-order valence-electron chi connectivity index (χ4n) is 5.95. The van der Waals surface area contributed by atoms with Gasteiger partial charge in [-0.3, -0.25) is 0 Å². The van der Waals surface area contributed by atoms with Crippen molar-refractivity contribution in [1.82, 2.24) is 15.5 Å². The Labute approximate surface area is 295 Å². The molecule has 250 valence electrons. The second-order valence-electron chi connectivity index (χ2n) is 10.9. The SMILES string of the molecule is C=CCNCC=C.CCC1CN(C(=S)[S-])CC1CC.CCC1CNCC1CC.CCC1C[NH2+]CC1CC.Cl.S=C=S.[Cl-]. The van der Waals surface area contributed by atoms with Crippen LogP contribution in [0.5, 0.6) is 0 Å². The molecule has 0 aromatic heterocycles. The third-order valence-corrected chi connectivity index (χ3v) is 9.16. The molecule has 42 heavy (non-hydrogen) atoms. The number of nitrogens with two attached hydrogens (primary N) is 1. The fraction of sp³-hybridized carbons (Fsp3) is 0.812. The molecule has 0 saturated carbocycles. The standard InChI is InChI=1S/C9H17NS2.2C8H17N.C6H11N.CS2.2ClH/c1-3-7-5-10(9(11)12)6-8(7)4-2;2*1-3-7-5-9-6-8(7)4-2;1-3-5-7-6-4-2;2-1-3;;/h7-8H,3-6H2,1-2H3,(H,11,12);2*7-9H,3-6H2,1-2H3;3-4,7H,1-2,5-6H2;;2*1H/p-1. The van der Waals surface area contributed by atoms with Gasteiger partial charge in [0.25, 0.3) is 0 Å². The Morgan fingerprint density at radius 2 is 1.14 bits per heavy atom. The molecule has 3 fully saturated rings. The van der Waals surface area contributed by atoms with E-state index in [4.69, 9.17) is 24.8 Å². The maximum atomic E-state index is 5.00. The molecule has 3 rings (SSSR count). The van der Waals surface area contributed by atoms with Crippen molar-refractivity contribution in [3.63, 3.8) is 0 Å². The summed E-state index contributed by atoms with van der Waals surface area (Å²) < 4.78 is 2.57. The number of likely N-dealkylation sites (tertiary alicyclic amines) is 1. The summed E-state index contributed by atoms with van der Waals surface area (Å²) in [6.07, 6.45) is 11.6. The van der Waals surface area contributed by atoms with Crippen molar-refractivity contribution in [1.29, 1.82) is 0 Å². The number of nitrogens with zero attached hydrogens (tertiary/aromatic N) is 1. The van der Waals surface area contributed by atoms with E-state index in [-0.39, 0.29) is 24.8 Å². The highest BCUT2D eigenvalue weighted by Gasteiger charge is 2.29. The normalized spacial score (nSPS) is 25.0. The topological polar surface area (TPSA) is 43.9 Å². The van der Waals surface area contributed by atoms with Gasteiger partial charge in [0.1, 0.15) is 0 Å². The smallest absolute Gasteiger partial charge is 0.0788 e. The molecule has 0 aromatic rings. The predicted octanol–water partition coefficient (Wildman–Crippen LogP) is 3.84. The van der Waals surface area contributed by atoms with Gasteiger partial charge in [-0.05, 0) is 74.0 Å². The Bertz CT molecular complexity index is 619. The first-order valence-corrected chi connectivity index (χ1v) is 17.3. The summed E-state index contributed by atoms with van der Waals surface area (Å²) in [4.78, 5) is 2.17. The van der Waals surface area contributed by atoms with Crippen molar-refractivity contribution in [3.05, 3.63) is 25.3 Å². The Morgan fingerprint density at radius 3 is 1.40 bits per heavy atom. The van der Waals surface area contributed by atoms with Crippen molar-refractivity contribution >= 4 is 70.3 Å². The van der Waals surface area contributed by atoms with Gasteiger partial charge < -0.3 is 58.1 Å². The van der Waals surface area contributed by atoms with Crippen LogP contribution < -0.4 is 28.4 Å². The zero-order chi connectivity index (χ0) is 30.8. The lowest BCUT2D eigenvalue weighted by atomic mass is 9.92. The monoisotopic (exact) mass is 701 g/mol. The summed E-state index contributed by atoms with van der Waals surface area (Å²) in [5, 5.41) is 8.93. The Morgan fingerprint density at radius 1 is 0.810 bits per heavy atom. The molecule has 6 unspecified atom stereocenters. The van der Waals surface area contributed by atoms with Crippen molar-refractivity contribution in [2.24, 2.45) is 35.5 Å². The minimum Gasteiger partial charge on any atom is -1.00 e. The lowest BCUT2D eigenvalue weighted by Crippen LogP contribution is -3.00. The molecule has 4 nitrogen and oxygen atoms in total. The van der Waals surface area contributed by atoms with Crippen LogP contribution in [0.25, 0.3) is 0 Å². The highest BCUT2D eigenvalue weighted by Crippen LogP contribution is 2.28. The summed E-state index contributed by atoms with van der Waals surface area (Å²) in [7, 11) is 0. The molecule has 6 atom stereocenters. The van der Waals surface area contributed by atoms with E-state index in [1.807, 2.05) is 16.5 Å². The summed E-state index contributed by atoms with van der Waals surface area (Å²) in [5.74, 6) is 5.61. The Balaban J connectivity index is -0.000000222. The Hall–Kier alpha value is 0.270. The number of hydrogen-bond acceptors (Lipinski definition) is 6. The number of thiocarbonyl (C=S) groups is 3. The molecular weight excluding hydrogens is 640 g/mol. The summed E-state index contributed by atoms with van der Waals surface area (Å²) >= 11 is 17.9. The largest absolute Gasteiger partial charge is 1.00 e. The maximum Gasteiger partial charge on any atom is 0.0788 e. The molecule has 0 amide bonds. The minimum atomic E-state index is 0. The van der Waals surface area contributed by atoms with E-state index in [2.05, 4.69) is 100.0 Å². The summed E-state index contributed by atoms with van der Waals surface area (Å²) in [5.41, 5.74) is 0. The van der Waals surface area contributed by atoms with Crippen LogP contribution in [0.2, 0.25) is 0 Å². The first-order valence-electron chi connectivity index (χ1n) is 15.7. The molecule has 0 spiro atoms. The molecule has 3 aliphatic rings. The first kappa shape index (κ1) is 49.2. The molecule has 4 N–H and O–H groups in total. The average molecular weight is 703 g/mol. The van der Waals surface area contributed by atoms with Crippen LogP contribution in [0.4, 0.5) is 0 Å². The third-order valence-electron chi connectivity index (χ3n) is 8.64. The van der Waals surface area contributed by atoms with E-state index in [1.54, 1.807) is 0 Å². The van der Waals surface area contributed by atoms with Crippen LogP contribution in [0.3, 0.4) is 0 Å². The van der Waals surface area contributed by atoms with Gasteiger partial charge in [-0.25, -0.2) is 0 Å². The summed E-state index contributed by atoms with van der Waals surface area (Å²) in [6.45, 7) is 30.0. The van der Waals surface area contributed by atoms with E-state index < -0.39 is 0 Å². The highest BCUT2D eigenvalue weighted by atomic mass is 35.5. The van der Waals surface area contributed by atoms with Crippen molar-refractivity contribution < 1.29 is 17.7 Å². The van der Waals surface area contributed by atoms with E-state index in [9.17, 15) is 0 Å². The number of hydrogen-bond donors (Lipinski definition) is 3. The predicted molar refractivity (Wildman–Crippen MR) is 199 cm³/mol. The summed E-state index contributed by atoms with van der Waals surface area (Å²) in [6, 6.07) is 0. The van der Waals surface area contributed by atoms with Crippen LogP contribution >= 0.6 is 49.1 Å². The quantitative estimate of drug-likeness (QED) is 0.139. The molecule has 0 aromatic carbocycles. The van der Waals surface area contributed by atoms with Crippen molar-refractivity contribution in [2.45, 2.75) is 80.1 Å². The maximum absolute atomic E-state index is 5.00. The molecule has 0 bridgehead atoms. The molecular formula is C32H63Cl2N4S4-. The molecule has 3 heterocycles. The van der Waals surface area contributed by atoms with Gasteiger partial charge in [-0.15, -0.1) is 25.6 Å². The molecule has 0 aliphatic carbocycles. The second-order valence-corrected chi connectivity index (χ2v) is 12.6. The van der Waals surface area contributed by atoms with Gasteiger partial charge in [-0.1, -0.05) is 83.7 Å². The lowest BCUT2D eigenvalue weighted by Gasteiger charge is -2.22. The van der Waals surface area contributed by atoms with Crippen LogP contribution in [0, 0.1) is 35.5 Å². The first-order chi connectivity index (χ1) is 19.3. The van der Waals surface area contributed by atoms with Crippen LogP contribution in [-0.2, 0) is 12.6 Å². The van der Waals surface area contributed by atoms with Gasteiger partial charge in [0.05, 0.1) is 13.1 Å². The molecule has 10 heteroatoms. The van der Waals surface area contributed by atoms with E-state index in [1.165, 1.54) is 64.7 Å². The van der Waals surface area contributed by atoms with Gasteiger partial charge in [0.15, 0.2) is 0 Å². The van der Waals surface area contributed by atoms with E-state index in [0.717, 1.165) is 61.7 Å². The minimum absolute atomic E-state index is 0. The van der Waals surface area contributed by atoms with Gasteiger partial charge in [0.2, 0.25) is 0 Å². The van der Waals surface area contributed by atoms with Crippen LogP contribution in [0.15, 0.2) is 25.3 Å².